The van der Waals surface area contributed by atoms with Crippen LogP contribution in [0.2, 0.25) is 0 Å². The number of nitrogens with one attached hydrogen (secondary N) is 2. The topological polar surface area (TPSA) is 40.7 Å². The summed E-state index contributed by atoms with van der Waals surface area (Å²) in [5.41, 5.74) is 0.388. The molecule has 1 aromatic heterocycles. The minimum absolute atomic E-state index is 0.370. The molecule has 0 fully saturated rings. The molecule has 0 spiro atoms. The Labute approximate surface area is 99.1 Å². The average Bonchev–Trinajstić information content (AvgIpc) is 2.69. The van der Waals surface area contributed by atoms with Gasteiger partial charge in [0.25, 0.3) is 0 Å². The maximum atomic E-state index is 4.35. The molecule has 16 heavy (non-hydrogen) atoms. The van der Waals surface area contributed by atoms with E-state index in [9.17, 15) is 0 Å². The third-order valence-electron chi connectivity index (χ3n) is 2.67. The zero-order valence-corrected chi connectivity index (χ0v) is 11.0. The molecule has 0 aromatic carbocycles. The molecule has 2 N–H and O–H groups in total. The molecule has 0 saturated heterocycles. The van der Waals surface area contributed by atoms with Crippen LogP contribution in [0.5, 0.6) is 0 Å². The van der Waals surface area contributed by atoms with Crippen LogP contribution < -0.4 is 5.32 Å². The molecule has 1 rings (SSSR count). The number of nitrogens with zero attached hydrogens (tertiary/aromatic N) is 1. The number of imidazole rings is 1. The maximum Gasteiger partial charge on any atom is 0.123 e. The molecule has 0 aliphatic carbocycles. The molecule has 1 aromatic rings. The van der Waals surface area contributed by atoms with Crippen LogP contribution >= 0.6 is 0 Å². The molecule has 3 nitrogen and oxygen atoms in total. The van der Waals surface area contributed by atoms with Gasteiger partial charge in [-0.2, -0.15) is 0 Å². The van der Waals surface area contributed by atoms with Gasteiger partial charge in [0.05, 0.1) is 6.04 Å². The molecule has 3 heteroatoms. The maximum absolute atomic E-state index is 4.35. The number of hydrogen-bond acceptors (Lipinski definition) is 2. The van der Waals surface area contributed by atoms with Gasteiger partial charge in [-0.15, -0.1) is 0 Å². The molecule has 1 heterocycles. The highest BCUT2D eigenvalue weighted by atomic mass is 15.0. The number of rotatable bonds is 6. The van der Waals surface area contributed by atoms with E-state index in [-0.39, 0.29) is 0 Å². The Morgan fingerprint density at radius 2 is 2.19 bits per heavy atom. The second-order valence-corrected chi connectivity index (χ2v) is 5.58. The standard InChI is InChI=1S/C13H25N3/c1-5-8-14-11(6-7-13(2,3)4)12-15-9-10-16-12/h9-11,14H,5-8H2,1-4H3,(H,15,16). The Balaban J connectivity index is 2.51. The Kier molecular flexibility index (Phi) is 5.00. The number of H-pyrrole nitrogens is 1. The summed E-state index contributed by atoms with van der Waals surface area (Å²) in [7, 11) is 0. The largest absolute Gasteiger partial charge is 0.347 e. The predicted octanol–water partition coefficient (Wildman–Crippen LogP) is 3.28. The van der Waals surface area contributed by atoms with Gasteiger partial charge in [0.15, 0.2) is 0 Å². The summed E-state index contributed by atoms with van der Waals surface area (Å²) >= 11 is 0. The van der Waals surface area contributed by atoms with E-state index in [4.69, 9.17) is 0 Å². The van der Waals surface area contributed by atoms with Crippen LogP contribution in [0.4, 0.5) is 0 Å². The van der Waals surface area contributed by atoms with Gasteiger partial charge in [-0.05, 0) is 31.2 Å². The van der Waals surface area contributed by atoms with Gasteiger partial charge in [0, 0.05) is 12.4 Å². The first-order chi connectivity index (χ1) is 7.53. The van der Waals surface area contributed by atoms with E-state index in [1.807, 2.05) is 12.4 Å². The molecule has 0 radical (unpaired) electrons. The fourth-order valence-corrected chi connectivity index (χ4v) is 1.70. The summed E-state index contributed by atoms with van der Waals surface area (Å²) in [4.78, 5) is 7.56. The lowest BCUT2D eigenvalue weighted by atomic mass is 9.88. The molecule has 0 saturated carbocycles. The van der Waals surface area contributed by atoms with Crippen LogP contribution in [0.15, 0.2) is 12.4 Å². The van der Waals surface area contributed by atoms with Crippen LogP contribution in [-0.4, -0.2) is 16.5 Å². The highest BCUT2D eigenvalue weighted by molar-refractivity contribution is 4.95. The highest BCUT2D eigenvalue weighted by Gasteiger charge is 2.17. The Morgan fingerprint density at radius 1 is 1.44 bits per heavy atom. The molecule has 0 bridgehead atoms. The summed E-state index contributed by atoms with van der Waals surface area (Å²) in [6, 6.07) is 0.370. The first-order valence-electron chi connectivity index (χ1n) is 6.25. The van der Waals surface area contributed by atoms with Crippen molar-refractivity contribution in [1.29, 1.82) is 0 Å². The number of hydrogen-bond donors (Lipinski definition) is 2. The monoisotopic (exact) mass is 223 g/mol. The molecule has 0 aliphatic rings. The van der Waals surface area contributed by atoms with Crippen molar-refractivity contribution in [2.45, 2.75) is 53.0 Å². The van der Waals surface area contributed by atoms with E-state index in [1.165, 1.54) is 6.42 Å². The van der Waals surface area contributed by atoms with Crippen LogP contribution in [0.3, 0.4) is 0 Å². The summed E-state index contributed by atoms with van der Waals surface area (Å²) in [6.45, 7) is 10.1. The molecular formula is C13H25N3. The third-order valence-corrected chi connectivity index (χ3v) is 2.67. The quantitative estimate of drug-likeness (QED) is 0.777. The van der Waals surface area contributed by atoms with Crippen molar-refractivity contribution in [1.82, 2.24) is 15.3 Å². The number of aromatic nitrogens is 2. The smallest absolute Gasteiger partial charge is 0.123 e. The van der Waals surface area contributed by atoms with Gasteiger partial charge in [-0.3, -0.25) is 0 Å². The normalized spacial score (nSPS) is 14.0. The van der Waals surface area contributed by atoms with Gasteiger partial charge in [0.1, 0.15) is 5.82 Å². The highest BCUT2D eigenvalue weighted by Crippen LogP contribution is 2.25. The molecule has 92 valence electrons. The van der Waals surface area contributed by atoms with E-state index in [2.05, 4.69) is 43.0 Å². The Bertz CT molecular complexity index is 272. The number of aromatic amines is 1. The summed E-state index contributed by atoms with van der Waals surface area (Å²) in [5, 5.41) is 3.55. The van der Waals surface area contributed by atoms with Crippen molar-refractivity contribution in [3.8, 4) is 0 Å². The molecular weight excluding hydrogens is 198 g/mol. The Hall–Kier alpha value is -0.830. The van der Waals surface area contributed by atoms with Crippen molar-refractivity contribution in [2.75, 3.05) is 6.54 Å². The third kappa shape index (κ3) is 4.79. The average molecular weight is 223 g/mol. The summed E-state index contributed by atoms with van der Waals surface area (Å²) in [5.74, 6) is 1.07. The molecule has 0 aliphatic heterocycles. The Morgan fingerprint density at radius 3 is 2.69 bits per heavy atom. The zero-order valence-electron chi connectivity index (χ0n) is 11.0. The van der Waals surface area contributed by atoms with E-state index < -0.39 is 0 Å². The van der Waals surface area contributed by atoms with Crippen molar-refractivity contribution < 1.29 is 0 Å². The fourth-order valence-electron chi connectivity index (χ4n) is 1.70. The van der Waals surface area contributed by atoms with E-state index in [1.54, 1.807) is 0 Å². The zero-order chi connectivity index (χ0) is 12.0. The van der Waals surface area contributed by atoms with Gasteiger partial charge in [-0.1, -0.05) is 27.7 Å². The van der Waals surface area contributed by atoms with Gasteiger partial charge >= 0.3 is 0 Å². The lowest BCUT2D eigenvalue weighted by Crippen LogP contribution is -2.24. The van der Waals surface area contributed by atoms with E-state index in [0.717, 1.165) is 25.2 Å². The predicted molar refractivity (Wildman–Crippen MR) is 68.3 cm³/mol. The van der Waals surface area contributed by atoms with Crippen LogP contribution in [0.1, 0.15) is 58.8 Å². The van der Waals surface area contributed by atoms with Gasteiger partial charge in [-0.25, -0.2) is 4.98 Å². The van der Waals surface area contributed by atoms with Crippen molar-refractivity contribution in [3.63, 3.8) is 0 Å². The molecule has 1 atom stereocenters. The van der Waals surface area contributed by atoms with Crippen molar-refractivity contribution in [2.24, 2.45) is 5.41 Å². The lowest BCUT2D eigenvalue weighted by Gasteiger charge is -2.22. The lowest BCUT2D eigenvalue weighted by molar-refractivity contribution is 0.328. The van der Waals surface area contributed by atoms with Crippen LogP contribution in [0, 0.1) is 5.41 Å². The SMILES string of the molecule is CCCNC(CCC(C)(C)C)c1ncc[nH]1. The molecule has 1 unspecified atom stereocenters. The van der Waals surface area contributed by atoms with Crippen LogP contribution in [0.25, 0.3) is 0 Å². The first kappa shape index (κ1) is 13.2. The minimum Gasteiger partial charge on any atom is -0.347 e. The summed E-state index contributed by atoms with van der Waals surface area (Å²) in [6.07, 6.45) is 7.22. The van der Waals surface area contributed by atoms with Gasteiger partial charge < -0.3 is 10.3 Å². The van der Waals surface area contributed by atoms with Crippen molar-refractivity contribution in [3.05, 3.63) is 18.2 Å². The summed E-state index contributed by atoms with van der Waals surface area (Å²) < 4.78 is 0. The fraction of sp³-hybridized carbons (Fsp3) is 0.769. The van der Waals surface area contributed by atoms with Crippen LogP contribution in [-0.2, 0) is 0 Å². The van der Waals surface area contributed by atoms with Gasteiger partial charge in [0.2, 0.25) is 0 Å². The molecule has 0 amide bonds. The van der Waals surface area contributed by atoms with E-state index >= 15 is 0 Å². The second-order valence-electron chi connectivity index (χ2n) is 5.58. The second kappa shape index (κ2) is 6.04. The minimum atomic E-state index is 0.370. The first-order valence-corrected chi connectivity index (χ1v) is 6.25. The van der Waals surface area contributed by atoms with E-state index in [0.29, 0.717) is 11.5 Å². The van der Waals surface area contributed by atoms with Crippen molar-refractivity contribution >= 4 is 0 Å².